The van der Waals surface area contributed by atoms with Crippen molar-refractivity contribution >= 4 is 12.0 Å². The number of carbonyl (C=O) groups is 2. The van der Waals surface area contributed by atoms with E-state index in [1.54, 1.807) is 6.92 Å². The highest BCUT2D eigenvalue weighted by atomic mass is 19.4. The van der Waals surface area contributed by atoms with Crippen molar-refractivity contribution in [1.82, 2.24) is 10.2 Å². The van der Waals surface area contributed by atoms with Crippen LogP contribution in [0.5, 0.6) is 0 Å². The Morgan fingerprint density at radius 1 is 1.24 bits per heavy atom. The number of nitrogens with one attached hydrogen (secondary N) is 1. The van der Waals surface area contributed by atoms with E-state index in [9.17, 15) is 27.2 Å². The zero-order valence-corrected chi connectivity index (χ0v) is 13.4. The molecule has 2 amide bonds. The van der Waals surface area contributed by atoms with Gasteiger partial charge < -0.3 is 15.3 Å². The minimum Gasteiger partial charge on any atom is -0.481 e. The van der Waals surface area contributed by atoms with Crippen LogP contribution in [0.15, 0.2) is 24.3 Å². The summed E-state index contributed by atoms with van der Waals surface area (Å²) in [6, 6.07) is 0.359. The van der Waals surface area contributed by atoms with Crippen LogP contribution < -0.4 is 5.32 Å². The summed E-state index contributed by atoms with van der Waals surface area (Å²) < 4.78 is 52.8. The minimum atomic E-state index is -4.78. The largest absolute Gasteiger partial charge is 0.481 e. The third-order valence-electron chi connectivity index (χ3n) is 4.09. The van der Waals surface area contributed by atoms with Gasteiger partial charge in [-0.3, -0.25) is 4.79 Å². The second-order valence-corrected chi connectivity index (χ2v) is 6.26. The SMILES string of the molecule is CC1CC(C(=O)O)CN(C(=O)N[C@@H](c2ccc(F)cc2)C(F)(F)F)C1. The average molecular weight is 362 g/mol. The van der Waals surface area contributed by atoms with Crippen molar-refractivity contribution < 1.29 is 32.3 Å². The molecule has 9 heteroatoms. The molecule has 0 bridgehead atoms. The van der Waals surface area contributed by atoms with Crippen molar-refractivity contribution in [3.8, 4) is 0 Å². The van der Waals surface area contributed by atoms with Gasteiger partial charge in [-0.15, -0.1) is 0 Å². The predicted octanol–water partition coefficient (Wildman–Crippen LogP) is 3.18. The van der Waals surface area contributed by atoms with Crippen molar-refractivity contribution in [2.24, 2.45) is 11.8 Å². The summed E-state index contributed by atoms with van der Waals surface area (Å²) in [5.41, 5.74) is -0.304. The number of carbonyl (C=O) groups excluding carboxylic acids is 1. The second-order valence-electron chi connectivity index (χ2n) is 6.26. The number of alkyl halides is 3. The van der Waals surface area contributed by atoms with E-state index in [-0.39, 0.29) is 24.6 Å². The van der Waals surface area contributed by atoms with E-state index in [0.717, 1.165) is 29.2 Å². The summed E-state index contributed by atoms with van der Waals surface area (Å²) >= 11 is 0. The lowest BCUT2D eigenvalue weighted by Crippen LogP contribution is -2.51. The van der Waals surface area contributed by atoms with E-state index in [4.69, 9.17) is 5.11 Å². The van der Waals surface area contributed by atoms with Crippen LogP contribution in [0.1, 0.15) is 24.9 Å². The zero-order valence-electron chi connectivity index (χ0n) is 13.4. The Morgan fingerprint density at radius 2 is 1.84 bits per heavy atom. The Hall–Kier alpha value is -2.32. The Morgan fingerprint density at radius 3 is 2.36 bits per heavy atom. The summed E-state index contributed by atoms with van der Waals surface area (Å²) in [6.07, 6.45) is -4.42. The lowest BCUT2D eigenvalue weighted by atomic mass is 9.91. The predicted molar refractivity (Wildman–Crippen MR) is 80.2 cm³/mol. The third-order valence-corrected chi connectivity index (χ3v) is 4.09. The first kappa shape index (κ1) is 19.0. The first-order chi connectivity index (χ1) is 11.6. The first-order valence-corrected chi connectivity index (χ1v) is 7.68. The Balaban J connectivity index is 2.16. The quantitative estimate of drug-likeness (QED) is 0.812. The fraction of sp³-hybridized carbons (Fsp3) is 0.500. The maximum atomic E-state index is 13.3. The van der Waals surface area contributed by atoms with Gasteiger partial charge in [-0.25, -0.2) is 9.18 Å². The normalized spacial score (nSPS) is 22.4. The molecule has 5 nitrogen and oxygen atoms in total. The molecule has 1 aromatic rings. The average Bonchev–Trinajstić information content (AvgIpc) is 2.51. The molecule has 0 spiro atoms. The van der Waals surface area contributed by atoms with Gasteiger partial charge in [0.15, 0.2) is 6.04 Å². The summed E-state index contributed by atoms with van der Waals surface area (Å²) in [7, 11) is 0. The van der Waals surface area contributed by atoms with Crippen LogP contribution in [0.25, 0.3) is 0 Å². The molecule has 2 N–H and O–H groups in total. The summed E-state index contributed by atoms with van der Waals surface area (Å²) in [5, 5.41) is 11.0. The van der Waals surface area contributed by atoms with Gasteiger partial charge in [0.2, 0.25) is 0 Å². The van der Waals surface area contributed by atoms with Crippen LogP contribution in [0.3, 0.4) is 0 Å². The van der Waals surface area contributed by atoms with Crippen LogP contribution in [0.4, 0.5) is 22.4 Å². The maximum absolute atomic E-state index is 13.3. The number of aliphatic carboxylic acids is 1. The van der Waals surface area contributed by atoms with Crippen LogP contribution in [-0.2, 0) is 4.79 Å². The molecule has 138 valence electrons. The number of urea groups is 1. The molecule has 2 unspecified atom stereocenters. The number of amides is 2. The fourth-order valence-corrected chi connectivity index (χ4v) is 2.92. The van der Waals surface area contributed by atoms with Crippen molar-refractivity contribution in [2.45, 2.75) is 25.6 Å². The van der Waals surface area contributed by atoms with Crippen molar-refractivity contribution in [3.63, 3.8) is 0 Å². The van der Waals surface area contributed by atoms with Crippen LogP contribution in [0.2, 0.25) is 0 Å². The summed E-state index contributed by atoms with van der Waals surface area (Å²) in [4.78, 5) is 24.5. The van der Waals surface area contributed by atoms with Gasteiger partial charge in [-0.05, 0) is 30.0 Å². The Labute approximate surface area is 141 Å². The minimum absolute atomic E-state index is 0.143. The molecule has 1 aromatic carbocycles. The van der Waals surface area contributed by atoms with Crippen LogP contribution in [-0.4, -0.2) is 41.3 Å². The van der Waals surface area contributed by atoms with E-state index >= 15 is 0 Å². The first-order valence-electron chi connectivity index (χ1n) is 7.68. The van der Waals surface area contributed by atoms with E-state index in [2.05, 4.69) is 0 Å². The Kier molecular flexibility index (Phi) is 5.54. The molecule has 0 aromatic heterocycles. The molecule has 1 aliphatic rings. The van der Waals surface area contributed by atoms with Gasteiger partial charge in [0.1, 0.15) is 5.82 Å². The number of hydrogen-bond donors (Lipinski definition) is 2. The molecule has 0 aliphatic carbocycles. The molecular weight excluding hydrogens is 344 g/mol. The molecule has 3 atom stereocenters. The molecule has 0 radical (unpaired) electrons. The summed E-state index contributed by atoms with van der Waals surface area (Å²) in [5.74, 6) is -2.74. The lowest BCUT2D eigenvalue weighted by Gasteiger charge is -2.35. The number of carboxylic acids is 1. The van der Waals surface area contributed by atoms with E-state index in [1.165, 1.54) is 0 Å². The highest BCUT2D eigenvalue weighted by molar-refractivity contribution is 5.77. The van der Waals surface area contributed by atoms with Gasteiger partial charge in [0, 0.05) is 13.1 Å². The highest BCUT2D eigenvalue weighted by Gasteiger charge is 2.43. The van der Waals surface area contributed by atoms with Crippen LogP contribution >= 0.6 is 0 Å². The molecule has 1 fully saturated rings. The third kappa shape index (κ3) is 4.83. The van der Waals surface area contributed by atoms with Crippen molar-refractivity contribution in [2.75, 3.05) is 13.1 Å². The molecule has 1 heterocycles. The topological polar surface area (TPSA) is 69.6 Å². The van der Waals surface area contributed by atoms with Gasteiger partial charge >= 0.3 is 18.2 Å². The number of halogens is 4. The second kappa shape index (κ2) is 7.28. The van der Waals surface area contributed by atoms with Crippen molar-refractivity contribution in [1.29, 1.82) is 0 Å². The number of rotatable bonds is 3. The van der Waals surface area contributed by atoms with Crippen LogP contribution in [0, 0.1) is 17.7 Å². The lowest BCUT2D eigenvalue weighted by molar-refractivity contribution is -0.156. The van der Waals surface area contributed by atoms with Gasteiger partial charge in [-0.2, -0.15) is 13.2 Å². The Bertz CT molecular complexity index is 633. The number of likely N-dealkylation sites (tertiary alicyclic amines) is 1. The molecule has 2 rings (SSSR count). The van der Waals surface area contributed by atoms with Gasteiger partial charge in [0.05, 0.1) is 5.92 Å². The standard InChI is InChI=1S/C16H18F4N2O3/c1-9-6-11(14(23)24)8-22(7-9)15(25)21-13(16(18,19)20)10-2-4-12(17)5-3-10/h2-5,9,11,13H,6-8H2,1H3,(H,21,25)(H,23,24)/t9?,11?,13-/m0/s1. The molecular formula is C16H18F4N2O3. The highest BCUT2D eigenvalue weighted by Crippen LogP contribution is 2.33. The van der Waals surface area contributed by atoms with E-state index < -0.39 is 36.0 Å². The monoisotopic (exact) mass is 362 g/mol. The molecule has 0 saturated carbocycles. The van der Waals surface area contributed by atoms with Gasteiger partial charge in [-0.1, -0.05) is 19.1 Å². The molecule has 25 heavy (non-hydrogen) atoms. The fourth-order valence-electron chi connectivity index (χ4n) is 2.92. The molecule has 1 saturated heterocycles. The van der Waals surface area contributed by atoms with Gasteiger partial charge in [0.25, 0.3) is 0 Å². The smallest absolute Gasteiger partial charge is 0.412 e. The maximum Gasteiger partial charge on any atom is 0.412 e. The van der Waals surface area contributed by atoms with E-state index in [1.807, 2.05) is 5.32 Å². The number of benzene rings is 1. The number of hydrogen-bond acceptors (Lipinski definition) is 2. The number of nitrogens with zero attached hydrogens (tertiary/aromatic N) is 1. The molecule has 1 aliphatic heterocycles. The number of carboxylic acid groups (broad SMARTS) is 1. The van der Waals surface area contributed by atoms with Crippen molar-refractivity contribution in [3.05, 3.63) is 35.6 Å². The zero-order chi connectivity index (χ0) is 18.8. The summed E-state index contributed by atoms with van der Waals surface area (Å²) in [6.45, 7) is 1.75. The number of piperidine rings is 1. The van der Waals surface area contributed by atoms with E-state index in [0.29, 0.717) is 6.42 Å².